The molecule has 0 amide bonds. The van der Waals surface area contributed by atoms with Crippen molar-refractivity contribution in [2.45, 2.75) is 18.9 Å². The van der Waals surface area contributed by atoms with Crippen LogP contribution in [0.1, 0.15) is 34.8 Å². The first-order valence-corrected chi connectivity index (χ1v) is 5.97. The maximum atomic E-state index is 10.9. The second-order valence-corrected chi connectivity index (χ2v) is 4.57. The Labute approximate surface area is 101 Å². The highest BCUT2D eigenvalue weighted by molar-refractivity contribution is 5.87. The molecule has 4 N–H and O–H groups in total. The first-order valence-electron chi connectivity index (χ1n) is 5.97. The quantitative estimate of drug-likeness (QED) is 0.738. The van der Waals surface area contributed by atoms with Gasteiger partial charge in [0.25, 0.3) is 0 Å². The third-order valence-corrected chi connectivity index (χ3v) is 3.39. The van der Waals surface area contributed by atoms with Crippen LogP contribution >= 0.6 is 0 Å². The van der Waals surface area contributed by atoms with E-state index in [4.69, 9.17) is 10.8 Å². The molecule has 1 heterocycles. The lowest BCUT2D eigenvalue weighted by Crippen LogP contribution is -2.36. The number of hydrogen-bond acceptors (Lipinski definition) is 3. The van der Waals surface area contributed by atoms with Gasteiger partial charge in [0, 0.05) is 6.04 Å². The molecule has 0 spiro atoms. The Morgan fingerprint density at radius 3 is 2.88 bits per heavy atom. The summed E-state index contributed by atoms with van der Waals surface area (Å²) < 4.78 is 0. The average Bonchev–Trinajstić information content (AvgIpc) is 2.39. The third kappa shape index (κ3) is 2.84. The van der Waals surface area contributed by atoms with Gasteiger partial charge in [0.2, 0.25) is 0 Å². The molecule has 1 aliphatic rings. The summed E-state index contributed by atoms with van der Waals surface area (Å²) in [5, 5.41) is 12.4. The molecule has 0 aliphatic carbocycles. The Balaban J connectivity index is 2.08. The Bertz CT molecular complexity index is 398. The molecule has 4 nitrogen and oxygen atoms in total. The van der Waals surface area contributed by atoms with E-state index in [9.17, 15) is 4.79 Å². The van der Waals surface area contributed by atoms with Crippen molar-refractivity contribution in [1.82, 2.24) is 5.32 Å². The zero-order chi connectivity index (χ0) is 12.3. The van der Waals surface area contributed by atoms with E-state index < -0.39 is 5.97 Å². The van der Waals surface area contributed by atoms with Gasteiger partial charge in [-0.2, -0.15) is 0 Å². The van der Waals surface area contributed by atoms with Gasteiger partial charge in [0.1, 0.15) is 0 Å². The smallest absolute Gasteiger partial charge is 0.335 e. The van der Waals surface area contributed by atoms with Gasteiger partial charge in [0.05, 0.1) is 5.56 Å². The van der Waals surface area contributed by atoms with Gasteiger partial charge in [-0.3, -0.25) is 0 Å². The summed E-state index contributed by atoms with van der Waals surface area (Å²) in [6.07, 6.45) is 2.12. The molecule has 1 fully saturated rings. The minimum Gasteiger partial charge on any atom is -0.478 e. The fourth-order valence-electron chi connectivity index (χ4n) is 2.29. The third-order valence-electron chi connectivity index (χ3n) is 3.39. The molecule has 0 aromatic heterocycles. The standard InChI is InChI=1S/C13H18N2O2/c14-7-9-4-5-12(15-8-9)10-2-1-3-11(6-10)13(16)17/h1-3,6,9,12,15H,4-5,7-8,14H2,(H,16,17). The van der Waals surface area contributed by atoms with Crippen molar-refractivity contribution in [3.8, 4) is 0 Å². The summed E-state index contributed by atoms with van der Waals surface area (Å²) in [7, 11) is 0. The highest BCUT2D eigenvalue weighted by atomic mass is 16.4. The van der Waals surface area contributed by atoms with Crippen LogP contribution in [-0.2, 0) is 0 Å². The van der Waals surface area contributed by atoms with Crippen molar-refractivity contribution in [2.75, 3.05) is 13.1 Å². The molecule has 2 unspecified atom stereocenters. The second kappa shape index (κ2) is 5.29. The molecule has 2 atom stereocenters. The zero-order valence-corrected chi connectivity index (χ0v) is 9.73. The summed E-state index contributed by atoms with van der Waals surface area (Å²) >= 11 is 0. The van der Waals surface area contributed by atoms with Gasteiger partial charge in [-0.1, -0.05) is 12.1 Å². The predicted octanol–water partition coefficient (Wildman–Crippen LogP) is 1.38. The van der Waals surface area contributed by atoms with Crippen LogP contribution in [0, 0.1) is 5.92 Å². The van der Waals surface area contributed by atoms with Crippen LogP contribution in [0.2, 0.25) is 0 Å². The number of carboxylic acid groups (broad SMARTS) is 1. The fraction of sp³-hybridized carbons (Fsp3) is 0.462. The first-order chi connectivity index (χ1) is 8.20. The molecule has 2 rings (SSSR count). The number of nitrogens with two attached hydrogens (primary N) is 1. The van der Waals surface area contributed by atoms with Crippen molar-refractivity contribution in [3.63, 3.8) is 0 Å². The van der Waals surface area contributed by atoms with Gasteiger partial charge >= 0.3 is 5.97 Å². The van der Waals surface area contributed by atoms with E-state index in [2.05, 4.69) is 5.32 Å². The predicted molar refractivity (Wildman–Crippen MR) is 65.9 cm³/mol. The van der Waals surface area contributed by atoms with Crippen LogP contribution in [0.25, 0.3) is 0 Å². The maximum absolute atomic E-state index is 10.9. The lowest BCUT2D eigenvalue weighted by molar-refractivity contribution is 0.0696. The fourth-order valence-corrected chi connectivity index (χ4v) is 2.29. The number of hydrogen-bond donors (Lipinski definition) is 3. The van der Waals surface area contributed by atoms with E-state index in [-0.39, 0.29) is 6.04 Å². The second-order valence-electron chi connectivity index (χ2n) is 4.57. The SMILES string of the molecule is NCC1CCC(c2cccc(C(=O)O)c2)NC1. The Morgan fingerprint density at radius 1 is 1.47 bits per heavy atom. The molecule has 17 heavy (non-hydrogen) atoms. The normalized spacial score (nSPS) is 24.5. The molecule has 0 radical (unpaired) electrons. The summed E-state index contributed by atoms with van der Waals surface area (Å²) in [5.74, 6) is -0.323. The number of benzene rings is 1. The Kier molecular flexibility index (Phi) is 3.76. The van der Waals surface area contributed by atoms with Crippen LogP contribution < -0.4 is 11.1 Å². The first kappa shape index (κ1) is 12.1. The molecule has 1 saturated heterocycles. The topological polar surface area (TPSA) is 75.4 Å². The van der Waals surface area contributed by atoms with Crippen molar-refractivity contribution >= 4 is 5.97 Å². The van der Waals surface area contributed by atoms with Crippen molar-refractivity contribution in [1.29, 1.82) is 0 Å². The lowest BCUT2D eigenvalue weighted by Gasteiger charge is -2.29. The highest BCUT2D eigenvalue weighted by Gasteiger charge is 2.21. The van der Waals surface area contributed by atoms with Crippen molar-refractivity contribution in [3.05, 3.63) is 35.4 Å². The summed E-state index contributed by atoms with van der Waals surface area (Å²) in [6, 6.07) is 7.42. The summed E-state index contributed by atoms with van der Waals surface area (Å²) in [4.78, 5) is 10.9. The van der Waals surface area contributed by atoms with Crippen LogP contribution in [0.5, 0.6) is 0 Å². The average molecular weight is 234 g/mol. The van der Waals surface area contributed by atoms with Crippen LogP contribution in [-0.4, -0.2) is 24.2 Å². The molecule has 0 bridgehead atoms. The number of rotatable bonds is 3. The zero-order valence-electron chi connectivity index (χ0n) is 9.73. The molecule has 0 saturated carbocycles. The lowest BCUT2D eigenvalue weighted by atomic mass is 9.90. The number of aromatic carboxylic acids is 1. The molecule has 92 valence electrons. The number of nitrogens with one attached hydrogen (secondary N) is 1. The minimum absolute atomic E-state index is 0.261. The van der Waals surface area contributed by atoms with Crippen LogP contribution in [0.15, 0.2) is 24.3 Å². The van der Waals surface area contributed by atoms with Crippen molar-refractivity contribution in [2.24, 2.45) is 11.7 Å². The van der Waals surface area contributed by atoms with Gasteiger partial charge < -0.3 is 16.2 Å². The van der Waals surface area contributed by atoms with E-state index in [1.165, 1.54) is 0 Å². The van der Waals surface area contributed by atoms with Gasteiger partial charge in [-0.25, -0.2) is 4.79 Å². The molecule has 1 aromatic carbocycles. The minimum atomic E-state index is -0.873. The van der Waals surface area contributed by atoms with Gasteiger partial charge in [-0.15, -0.1) is 0 Å². The van der Waals surface area contributed by atoms with Crippen LogP contribution in [0.3, 0.4) is 0 Å². The maximum Gasteiger partial charge on any atom is 0.335 e. The summed E-state index contributed by atoms with van der Waals surface area (Å²) in [5.41, 5.74) is 7.04. The molecular formula is C13H18N2O2. The molecular weight excluding hydrogens is 216 g/mol. The highest BCUT2D eigenvalue weighted by Crippen LogP contribution is 2.25. The van der Waals surface area contributed by atoms with Crippen LogP contribution in [0.4, 0.5) is 0 Å². The van der Waals surface area contributed by atoms with E-state index in [0.29, 0.717) is 11.5 Å². The Morgan fingerprint density at radius 2 is 2.29 bits per heavy atom. The number of carboxylic acids is 1. The van der Waals surface area contributed by atoms with E-state index in [1.54, 1.807) is 18.2 Å². The monoisotopic (exact) mass is 234 g/mol. The number of piperidine rings is 1. The Hall–Kier alpha value is -1.39. The van der Waals surface area contributed by atoms with E-state index >= 15 is 0 Å². The number of carbonyl (C=O) groups is 1. The molecule has 1 aliphatic heterocycles. The van der Waals surface area contributed by atoms with E-state index in [0.717, 1.165) is 31.5 Å². The van der Waals surface area contributed by atoms with Gasteiger partial charge in [0.15, 0.2) is 0 Å². The summed E-state index contributed by atoms with van der Waals surface area (Å²) in [6.45, 7) is 1.63. The molecule has 1 aromatic rings. The van der Waals surface area contributed by atoms with Gasteiger partial charge in [-0.05, 0) is 49.5 Å². The largest absolute Gasteiger partial charge is 0.478 e. The van der Waals surface area contributed by atoms with Crippen molar-refractivity contribution < 1.29 is 9.90 Å². The van der Waals surface area contributed by atoms with E-state index in [1.807, 2.05) is 6.07 Å². The molecule has 4 heteroatoms.